The second kappa shape index (κ2) is 6.21. The van der Waals surface area contributed by atoms with Gasteiger partial charge in [0.15, 0.2) is 0 Å². The summed E-state index contributed by atoms with van der Waals surface area (Å²) in [7, 11) is 0. The molecule has 0 aromatic heterocycles. The molecule has 0 spiro atoms. The minimum absolute atomic E-state index is 0.757. The van der Waals surface area contributed by atoms with Gasteiger partial charge in [-0.05, 0) is 49.1 Å². The Labute approximate surface area is 129 Å². The van der Waals surface area contributed by atoms with Crippen LogP contribution in [0.15, 0.2) is 52.3 Å². The zero-order chi connectivity index (χ0) is 13.9. The van der Waals surface area contributed by atoms with E-state index in [0.717, 1.165) is 22.5 Å². The van der Waals surface area contributed by atoms with Crippen molar-refractivity contribution in [2.45, 2.75) is 42.1 Å². The molecule has 0 heterocycles. The number of rotatable bonds is 5. The van der Waals surface area contributed by atoms with Gasteiger partial charge < -0.3 is 5.32 Å². The Kier molecular flexibility index (Phi) is 4.35. The number of hydrogen-bond acceptors (Lipinski definition) is 2. The number of nitrogens with one attached hydrogen (secondary N) is 1. The van der Waals surface area contributed by atoms with Gasteiger partial charge in [-0.3, -0.25) is 0 Å². The summed E-state index contributed by atoms with van der Waals surface area (Å²) < 4.78 is 0. The third kappa shape index (κ3) is 3.57. The third-order valence-corrected chi connectivity index (χ3v) is 5.16. The molecule has 1 aliphatic rings. The van der Waals surface area contributed by atoms with Crippen LogP contribution in [-0.4, -0.2) is 6.04 Å². The van der Waals surface area contributed by atoms with Crippen molar-refractivity contribution < 1.29 is 0 Å². The summed E-state index contributed by atoms with van der Waals surface area (Å²) in [4.78, 5) is 2.38. The molecule has 2 aromatic carbocycles. The van der Waals surface area contributed by atoms with E-state index in [2.05, 4.69) is 36.5 Å². The van der Waals surface area contributed by atoms with E-state index in [1.807, 2.05) is 18.2 Å². The smallest absolute Gasteiger partial charge is 0.0545 e. The molecule has 1 fully saturated rings. The van der Waals surface area contributed by atoms with Gasteiger partial charge in [0.1, 0.15) is 0 Å². The lowest BCUT2D eigenvalue weighted by Gasteiger charge is -2.10. The topological polar surface area (TPSA) is 12.0 Å². The van der Waals surface area contributed by atoms with E-state index < -0.39 is 0 Å². The molecule has 2 aromatic rings. The van der Waals surface area contributed by atoms with E-state index in [1.165, 1.54) is 28.9 Å². The van der Waals surface area contributed by atoms with Gasteiger partial charge in [0.2, 0.25) is 0 Å². The Bertz CT molecular complexity index is 608. The quantitative estimate of drug-likeness (QED) is 0.829. The van der Waals surface area contributed by atoms with Crippen LogP contribution in [0.4, 0.5) is 0 Å². The molecule has 0 bridgehead atoms. The second-order valence-electron chi connectivity index (χ2n) is 5.29. The Morgan fingerprint density at radius 3 is 2.65 bits per heavy atom. The summed E-state index contributed by atoms with van der Waals surface area (Å²) in [5.41, 5.74) is 2.67. The van der Waals surface area contributed by atoms with Crippen molar-refractivity contribution in [3.63, 3.8) is 0 Å². The summed E-state index contributed by atoms with van der Waals surface area (Å²) in [6.07, 6.45) is 2.67. The van der Waals surface area contributed by atoms with E-state index >= 15 is 0 Å². The number of benzene rings is 2. The molecule has 0 radical (unpaired) electrons. The third-order valence-electron chi connectivity index (χ3n) is 3.47. The molecular weight excluding hydrogens is 286 g/mol. The standard InChI is InChI=1S/C17H18ClNS/c1-12-10-13(11-19-14-7-8-14)6-9-16(12)20-17-5-3-2-4-15(17)18/h2-6,9-10,14,19H,7-8,11H2,1H3. The largest absolute Gasteiger partial charge is 0.310 e. The van der Waals surface area contributed by atoms with Gasteiger partial charge in [-0.2, -0.15) is 0 Å². The highest BCUT2D eigenvalue weighted by molar-refractivity contribution is 7.99. The molecular formula is C17H18ClNS. The van der Waals surface area contributed by atoms with Crippen LogP contribution < -0.4 is 5.32 Å². The molecule has 1 saturated carbocycles. The van der Waals surface area contributed by atoms with Gasteiger partial charge in [-0.25, -0.2) is 0 Å². The van der Waals surface area contributed by atoms with Gasteiger partial charge in [0.05, 0.1) is 5.02 Å². The maximum Gasteiger partial charge on any atom is 0.0545 e. The molecule has 0 amide bonds. The van der Waals surface area contributed by atoms with Crippen molar-refractivity contribution in [2.75, 3.05) is 0 Å². The zero-order valence-corrected chi connectivity index (χ0v) is 13.1. The maximum absolute atomic E-state index is 6.22. The predicted octanol–water partition coefficient (Wildman–Crippen LogP) is 5.05. The average Bonchev–Trinajstić information content (AvgIpc) is 3.26. The van der Waals surface area contributed by atoms with Crippen molar-refractivity contribution in [3.8, 4) is 0 Å². The number of halogens is 1. The first-order valence-corrected chi connectivity index (χ1v) is 8.17. The van der Waals surface area contributed by atoms with Crippen LogP contribution in [0.2, 0.25) is 5.02 Å². The Morgan fingerprint density at radius 2 is 1.95 bits per heavy atom. The fourth-order valence-corrected chi connectivity index (χ4v) is 3.29. The Morgan fingerprint density at radius 1 is 1.15 bits per heavy atom. The highest BCUT2D eigenvalue weighted by atomic mass is 35.5. The molecule has 104 valence electrons. The highest BCUT2D eigenvalue weighted by Crippen LogP contribution is 2.35. The van der Waals surface area contributed by atoms with E-state index in [0.29, 0.717) is 0 Å². The fourth-order valence-electron chi connectivity index (χ4n) is 2.13. The highest BCUT2D eigenvalue weighted by Gasteiger charge is 2.19. The van der Waals surface area contributed by atoms with Crippen LogP contribution in [0.1, 0.15) is 24.0 Å². The van der Waals surface area contributed by atoms with Crippen LogP contribution in [0.25, 0.3) is 0 Å². The van der Waals surface area contributed by atoms with Gasteiger partial charge in [-0.1, -0.05) is 47.6 Å². The Hall–Kier alpha value is -0.960. The van der Waals surface area contributed by atoms with Crippen LogP contribution in [0, 0.1) is 6.92 Å². The van der Waals surface area contributed by atoms with E-state index in [1.54, 1.807) is 11.8 Å². The zero-order valence-electron chi connectivity index (χ0n) is 11.5. The van der Waals surface area contributed by atoms with E-state index in [9.17, 15) is 0 Å². The van der Waals surface area contributed by atoms with Crippen LogP contribution >= 0.6 is 23.4 Å². The molecule has 0 aliphatic heterocycles. The summed E-state index contributed by atoms with van der Waals surface area (Å²) in [5.74, 6) is 0. The monoisotopic (exact) mass is 303 g/mol. The van der Waals surface area contributed by atoms with Crippen molar-refractivity contribution >= 4 is 23.4 Å². The van der Waals surface area contributed by atoms with E-state index in [4.69, 9.17) is 11.6 Å². The Balaban J connectivity index is 1.71. The average molecular weight is 304 g/mol. The predicted molar refractivity (Wildman–Crippen MR) is 86.6 cm³/mol. The molecule has 0 saturated heterocycles. The normalized spacial score (nSPS) is 14.5. The summed E-state index contributed by atoms with van der Waals surface area (Å²) in [6, 6.07) is 15.4. The summed E-state index contributed by atoms with van der Waals surface area (Å²) in [6.45, 7) is 3.14. The minimum atomic E-state index is 0.757. The van der Waals surface area contributed by atoms with Gasteiger partial charge in [0.25, 0.3) is 0 Å². The first-order valence-electron chi connectivity index (χ1n) is 6.97. The molecule has 1 nitrogen and oxygen atoms in total. The van der Waals surface area contributed by atoms with Crippen molar-refractivity contribution in [1.29, 1.82) is 0 Å². The molecule has 3 heteroatoms. The summed E-state index contributed by atoms with van der Waals surface area (Å²) >= 11 is 7.95. The van der Waals surface area contributed by atoms with E-state index in [-0.39, 0.29) is 0 Å². The first kappa shape index (κ1) is 14.0. The molecule has 3 rings (SSSR count). The molecule has 1 N–H and O–H groups in total. The van der Waals surface area contributed by atoms with Crippen molar-refractivity contribution in [3.05, 3.63) is 58.6 Å². The van der Waals surface area contributed by atoms with Gasteiger partial charge in [-0.15, -0.1) is 0 Å². The maximum atomic E-state index is 6.22. The number of hydrogen-bond donors (Lipinski definition) is 1. The summed E-state index contributed by atoms with van der Waals surface area (Å²) in [5, 5.41) is 4.37. The van der Waals surface area contributed by atoms with Gasteiger partial charge >= 0.3 is 0 Å². The lowest BCUT2D eigenvalue weighted by Crippen LogP contribution is -2.15. The molecule has 20 heavy (non-hydrogen) atoms. The number of aryl methyl sites for hydroxylation is 1. The van der Waals surface area contributed by atoms with Crippen molar-refractivity contribution in [2.24, 2.45) is 0 Å². The van der Waals surface area contributed by atoms with Crippen LogP contribution in [0.3, 0.4) is 0 Å². The molecule has 1 aliphatic carbocycles. The molecule has 0 atom stereocenters. The second-order valence-corrected chi connectivity index (χ2v) is 6.78. The van der Waals surface area contributed by atoms with Gasteiger partial charge in [0, 0.05) is 22.4 Å². The first-order chi connectivity index (χ1) is 9.72. The van der Waals surface area contributed by atoms with Crippen LogP contribution in [-0.2, 0) is 6.54 Å². The van der Waals surface area contributed by atoms with Crippen LogP contribution in [0.5, 0.6) is 0 Å². The van der Waals surface area contributed by atoms with Crippen molar-refractivity contribution in [1.82, 2.24) is 5.32 Å². The lowest BCUT2D eigenvalue weighted by molar-refractivity contribution is 0.687. The SMILES string of the molecule is Cc1cc(CNC2CC2)ccc1Sc1ccccc1Cl. The molecule has 0 unspecified atom stereocenters. The lowest BCUT2D eigenvalue weighted by atomic mass is 10.1. The fraction of sp³-hybridized carbons (Fsp3) is 0.294. The minimum Gasteiger partial charge on any atom is -0.310 e.